The Balaban J connectivity index is 2.98. The number of hydrogen-bond acceptors (Lipinski definition) is 2. The molecule has 0 rings (SSSR count). The molecular formula is C19H38O2. The molecule has 21 heavy (non-hydrogen) atoms. The molecule has 0 fully saturated rings. The highest BCUT2D eigenvalue weighted by Gasteiger charge is 1.99. The lowest BCUT2D eigenvalue weighted by Gasteiger charge is -2.03. The first kappa shape index (κ1) is 20.5. The van der Waals surface area contributed by atoms with Crippen molar-refractivity contribution in [2.75, 3.05) is 7.11 Å². The molecule has 0 aliphatic rings. The largest absolute Gasteiger partial charge is 0.469 e. The van der Waals surface area contributed by atoms with Gasteiger partial charge in [-0.1, -0.05) is 96.8 Å². The van der Waals surface area contributed by atoms with Gasteiger partial charge in [-0.15, -0.1) is 0 Å². The lowest BCUT2D eigenvalue weighted by atomic mass is 11.0. The lowest BCUT2D eigenvalue weighted by molar-refractivity contribution is -0.140. The van der Waals surface area contributed by atoms with Crippen LogP contribution in [0.25, 0.3) is 0 Å². The highest BCUT2D eigenvalue weighted by Crippen LogP contribution is 2.13. The maximum atomic E-state index is 10.9. The van der Waals surface area contributed by atoms with Crippen LogP contribution in [0.3, 0.4) is 0 Å². The van der Waals surface area contributed by atoms with Crippen LogP contribution in [-0.4, -0.2) is 13.1 Å². The van der Waals surface area contributed by atoms with Crippen molar-refractivity contribution in [3.8, 4) is 0 Å². The molecule has 0 unspecified atom stereocenters. The number of rotatable bonds is 16. The first-order chi connectivity index (χ1) is 10.3. The third-order valence-electron chi connectivity index (χ3n) is 4.21. The molecule has 0 aromatic carbocycles. The highest BCUT2D eigenvalue weighted by molar-refractivity contribution is 5.68. The molecule has 2 nitrogen and oxygen atoms in total. The average Bonchev–Trinajstić information content (AvgIpc) is 2.50. The molecule has 0 aliphatic heterocycles. The molecule has 0 spiro atoms. The molecule has 0 N–H and O–H groups in total. The van der Waals surface area contributed by atoms with Crippen molar-refractivity contribution < 1.29 is 9.53 Å². The van der Waals surface area contributed by atoms with Crippen LogP contribution in [0.2, 0.25) is 0 Å². The molecular weight excluding hydrogens is 278 g/mol. The van der Waals surface area contributed by atoms with Crippen LogP contribution in [0.5, 0.6) is 0 Å². The summed E-state index contributed by atoms with van der Waals surface area (Å²) in [6, 6.07) is 0. The van der Waals surface area contributed by atoms with E-state index in [9.17, 15) is 4.79 Å². The van der Waals surface area contributed by atoms with Gasteiger partial charge in [0.1, 0.15) is 0 Å². The van der Waals surface area contributed by atoms with Crippen molar-refractivity contribution in [2.24, 2.45) is 0 Å². The fourth-order valence-electron chi connectivity index (χ4n) is 2.74. The van der Waals surface area contributed by atoms with Crippen molar-refractivity contribution in [1.29, 1.82) is 0 Å². The minimum atomic E-state index is -0.0651. The normalized spacial score (nSPS) is 10.8. The summed E-state index contributed by atoms with van der Waals surface area (Å²) in [7, 11) is 1.47. The molecule has 0 atom stereocenters. The van der Waals surface area contributed by atoms with Gasteiger partial charge >= 0.3 is 5.97 Å². The first-order valence-corrected chi connectivity index (χ1v) is 9.38. The summed E-state index contributed by atoms with van der Waals surface area (Å²) in [5, 5.41) is 0. The fourth-order valence-corrected chi connectivity index (χ4v) is 2.74. The van der Waals surface area contributed by atoms with Gasteiger partial charge < -0.3 is 4.74 Å². The van der Waals surface area contributed by atoms with Gasteiger partial charge in [0, 0.05) is 6.42 Å². The Labute approximate surface area is 133 Å². The van der Waals surface area contributed by atoms with Crippen LogP contribution < -0.4 is 0 Å². The van der Waals surface area contributed by atoms with E-state index in [4.69, 9.17) is 0 Å². The molecule has 0 aliphatic carbocycles. The van der Waals surface area contributed by atoms with E-state index in [1.54, 1.807) is 0 Å². The molecule has 0 saturated heterocycles. The lowest BCUT2D eigenvalue weighted by Crippen LogP contribution is -1.99. The van der Waals surface area contributed by atoms with Gasteiger partial charge in [-0.3, -0.25) is 4.79 Å². The summed E-state index contributed by atoms with van der Waals surface area (Å²) in [5.41, 5.74) is 0. The zero-order valence-electron chi connectivity index (χ0n) is 14.6. The predicted octanol–water partition coefficient (Wildman–Crippen LogP) is 6.42. The van der Waals surface area contributed by atoms with Crippen LogP contribution in [0.1, 0.15) is 110 Å². The summed E-state index contributed by atoms with van der Waals surface area (Å²) in [4.78, 5) is 10.9. The summed E-state index contributed by atoms with van der Waals surface area (Å²) >= 11 is 0. The molecule has 0 aromatic rings. The summed E-state index contributed by atoms with van der Waals surface area (Å²) < 4.78 is 4.63. The number of unbranched alkanes of at least 4 members (excludes halogenated alkanes) is 14. The van der Waals surface area contributed by atoms with E-state index in [1.165, 1.54) is 97.0 Å². The average molecular weight is 316 g/mol. The molecule has 0 radical (unpaired) electrons. The number of carbonyl (C=O) groups excluding carboxylic acids is 1. The molecule has 0 bridgehead atoms. The van der Waals surface area contributed by atoms with E-state index < -0.39 is 0 Å². The van der Waals surface area contributed by atoms with Crippen molar-refractivity contribution >= 4 is 5.97 Å². The Morgan fingerprint density at radius 2 is 0.952 bits per heavy atom. The van der Waals surface area contributed by atoms with Crippen LogP contribution >= 0.6 is 0 Å². The second-order valence-electron chi connectivity index (χ2n) is 6.28. The van der Waals surface area contributed by atoms with Crippen LogP contribution in [0.4, 0.5) is 0 Å². The molecule has 126 valence electrons. The zero-order valence-corrected chi connectivity index (χ0v) is 14.6. The molecule has 2 heteroatoms. The van der Waals surface area contributed by atoms with Crippen molar-refractivity contribution in [2.45, 2.75) is 110 Å². The Morgan fingerprint density at radius 1 is 0.619 bits per heavy atom. The smallest absolute Gasteiger partial charge is 0.305 e. The van der Waals surface area contributed by atoms with Gasteiger partial charge in [0.05, 0.1) is 7.11 Å². The number of hydrogen-bond donors (Lipinski definition) is 0. The van der Waals surface area contributed by atoms with Crippen molar-refractivity contribution in [3.05, 3.63) is 0 Å². The third kappa shape index (κ3) is 17.4. The van der Waals surface area contributed by atoms with E-state index in [2.05, 4.69) is 11.7 Å². The quantitative estimate of drug-likeness (QED) is 0.186. The Hall–Kier alpha value is -0.530. The van der Waals surface area contributed by atoms with E-state index in [0.717, 1.165) is 6.42 Å². The van der Waals surface area contributed by atoms with Crippen molar-refractivity contribution in [3.63, 3.8) is 0 Å². The van der Waals surface area contributed by atoms with E-state index >= 15 is 0 Å². The van der Waals surface area contributed by atoms with Crippen molar-refractivity contribution in [1.82, 2.24) is 0 Å². The Bertz CT molecular complexity index is 214. The second kappa shape index (κ2) is 17.5. The zero-order chi connectivity index (χ0) is 15.6. The summed E-state index contributed by atoms with van der Waals surface area (Å²) in [5.74, 6) is -0.0651. The minimum Gasteiger partial charge on any atom is -0.469 e. The number of esters is 1. The minimum absolute atomic E-state index is 0.0651. The molecule has 0 saturated carbocycles. The topological polar surface area (TPSA) is 26.3 Å². The number of carbonyl (C=O) groups is 1. The molecule has 0 amide bonds. The van der Waals surface area contributed by atoms with E-state index in [1.807, 2.05) is 0 Å². The standard InChI is InChI=1S/C19H38O2/c1-3-4-5-6-7-8-9-10-11-12-13-14-15-16-17-18-19(20)21-2/h3-18H2,1-2H3/i1+1,3+1,4+1,5+1,6+1,7+1,8+1,9+1,10+1,11+1,12+1,13+1,14+1,15+1,16+1,17+1,18+1,19+1. The third-order valence-corrected chi connectivity index (χ3v) is 4.21. The Kier molecular flexibility index (Phi) is 17.1. The van der Waals surface area contributed by atoms with Gasteiger partial charge in [0.25, 0.3) is 0 Å². The maximum absolute atomic E-state index is 10.9. The SMILES string of the molecule is CO[13C](=O)[13CH2][13CH2][13CH2][13CH2][13CH2][13CH2][13CH2][13CH2][13CH2][13CH2][13CH2][13CH2][13CH2][13CH2][13CH2][13CH2][13CH3]. The molecule has 0 aromatic heterocycles. The van der Waals surface area contributed by atoms with Gasteiger partial charge in [0.2, 0.25) is 0 Å². The number of methoxy groups -OCH3 is 1. The predicted molar refractivity (Wildman–Crippen MR) is 91.6 cm³/mol. The van der Waals surface area contributed by atoms with Crippen LogP contribution in [-0.2, 0) is 9.53 Å². The first-order valence-electron chi connectivity index (χ1n) is 9.38. The highest BCUT2D eigenvalue weighted by atomic mass is 16.6. The van der Waals surface area contributed by atoms with E-state index in [0.29, 0.717) is 6.42 Å². The monoisotopic (exact) mass is 316 g/mol. The fraction of sp³-hybridized carbons (Fsp3) is 0.947. The van der Waals surface area contributed by atoms with Crippen LogP contribution in [0.15, 0.2) is 0 Å². The Morgan fingerprint density at radius 3 is 1.29 bits per heavy atom. The maximum Gasteiger partial charge on any atom is 0.305 e. The van der Waals surface area contributed by atoms with Gasteiger partial charge in [0.15, 0.2) is 0 Å². The van der Waals surface area contributed by atoms with E-state index in [-0.39, 0.29) is 5.97 Å². The van der Waals surface area contributed by atoms with Gasteiger partial charge in [-0.2, -0.15) is 0 Å². The summed E-state index contributed by atoms with van der Waals surface area (Å²) in [6.07, 6.45) is 20.9. The van der Waals surface area contributed by atoms with Crippen LogP contribution in [0, 0.1) is 0 Å². The number of ether oxygens (including phenoxy) is 1. The van der Waals surface area contributed by atoms with Gasteiger partial charge in [-0.05, 0) is 6.42 Å². The summed E-state index contributed by atoms with van der Waals surface area (Å²) in [6.45, 7) is 2.28. The molecule has 0 heterocycles. The van der Waals surface area contributed by atoms with Gasteiger partial charge in [-0.25, -0.2) is 0 Å². The second-order valence-corrected chi connectivity index (χ2v) is 6.28.